The van der Waals surface area contributed by atoms with Crippen molar-refractivity contribution in [2.45, 2.75) is 52.1 Å². The van der Waals surface area contributed by atoms with E-state index in [9.17, 15) is 14.4 Å². The van der Waals surface area contributed by atoms with E-state index in [1.807, 2.05) is 0 Å². The van der Waals surface area contributed by atoms with E-state index < -0.39 is 11.7 Å². The van der Waals surface area contributed by atoms with Crippen molar-refractivity contribution in [1.29, 1.82) is 0 Å². The Hall–Kier alpha value is -2.57. The van der Waals surface area contributed by atoms with Gasteiger partial charge in [0.1, 0.15) is 0 Å². The topological polar surface area (TPSA) is 90.5 Å². The maximum absolute atomic E-state index is 12.1. The van der Waals surface area contributed by atoms with Gasteiger partial charge in [-0.15, -0.1) is 0 Å². The molecule has 3 atom stereocenters. The number of nitrogens with zero attached hydrogens (tertiary/aromatic N) is 1. The molecule has 1 fully saturated rings. The molecule has 3 rings (SSSR count). The molecule has 0 radical (unpaired) electrons. The summed E-state index contributed by atoms with van der Waals surface area (Å²) < 4.78 is 11.6. The third-order valence-corrected chi connectivity index (χ3v) is 5.53. The Morgan fingerprint density at radius 2 is 2.04 bits per heavy atom. The molecule has 0 spiro atoms. The number of aryl methyl sites for hydroxylation is 1. The second-order valence-electron chi connectivity index (χ2n) is 7.34. The van der Waals surface area contributed by atoms with Gasteiger partial charge in [-0.2, -0.15) is 0 Å². The monoisotopic (exact) mass is 374 g/mol. The van der Waals surface area contributed by atoms with Gasteiger partial charge < -0.3 is 14.5 Å². The summed E-state index contributed by atoms with van der Waals surface area (Å²) in [5, 5.41) is 2.97. The van der Waals surface area contributed by atoms with Crippen LogP contribution in [-0.2, 0) is 20.9 Å². The number of carbonyl (C=O) groups excluding carboxylic acids is 2. The van der Waals surface area contributed by atoms with Crippen LogP contribution in [0.5, 0.6) is 0 Å². The molecule has 1 aliphatic rings. The van der Waals surface area contributed by atoms with Crippen LogP contribution in [0.4, 0.5) is 0 Å². The smallest absolute Gasteiger partial charge is 0.419 e. The second-order valence-corrected chi connectivity index (χ2v) is 7.34. The lowest BCUT2D eigenvalue weighted by Gasteiger charge is -2.34. The molecule has 1 N–H and O–H groups in total. The molecule has 1 aromatic heterocycles. The van der Waals surface area contributed by atoms with E-state index in [4.69, 9.17) is 9.15 Å². The minimum atomic E-state index is -0.521. The zero-order chi connectivity index (χ0) is 19.4. The van der Waals surface area contributed by atoms with E-state index in [0.29, 0.717) is 22.9 Å². The molecule has 146 valence electrons. The normalized spacial score (nSPS) is 22.5. The number of nitrogens with one attached hydrogen (secondary N) is 1. The van der Waals surface area contributed by atoms with E-state index in [2.05, 4.69) is 19.2 Å². The van der Waals surface area contributed by atoms with Gasteiger partial charge in [-0.05, 0) is 30.4 Å². The number of aromatic nitrogens is 1. The van der Waals surface area contributed by atoms with Gasteiger partial charge in [-0.3, -0.25) is 14.2 Å². The first-order valence-electron chi connectivity index (χ1n) is 9.49. The van der Waals surface area contributed by atoms with Gasteiger partial charge in [-0.1, -0.05) is 38.8 Å². The SMILES string of the molecule is C[C@@H]1[C@H](C)CCC[C@@H]1NC(=O)COC(=O)CCn1c(=O)oc2ccccc21. The number of amides is 1. The molecule has 0 unspecified atom stereocenters. The van der Waals surface area contributed by atoms with Crippen molar-refractivity contribution in [3.63, 3.8) is 0 Å². The maximum atomic E-state index is 12.1. The fourth-order valence-electron chi connectivity index (χ4n) is 3.68. The largest absolute Gasteiger partial charge is 0.456 e. The van der Waals surface area contributed by atoms with Gasteiger partial charge in [0.2, 0.25) is 0 Å². The van der Waals surface area contributed by atoms with Crippen LogP contribution in [0.15, 0.2) is 33.5 Å². The molecule has 0 saturated heterocycles. The van der Waals surface area contributed by atoms with Crippen LogP contribution in [0.1, 0.15) is 39.5 Å². The molecule has 7 heteroatoms. The lowest BCUT2D eigenvalue weighted by atomic mass is 9.78. The summed E-state index contributed by atoms with van der Waals surface area (Å²) in [5.74, 6) is -0.316. The summed E-state index contributed by atoms with van der Waals surface area (Å²) in [7, 11) is 0. The standard InChI is InChI=1S/C20H26N2O5/c1-13-6-5-7-15(14(13)2)21-18(23)12-26-19(24)10-11-22-16-8-3-4-9-17(16)27-20(22)25/h3-4,8-9,13-15H,5-7,10-12H2,1-2H3,(H,21,23)/t13-,14-,15+/m1/s1. The molecule has 1 amide bonds. The highest BCUT2D eigenvalue weighted by Gasteiger charge is 2.28. The van der Waals surface area contributed by atoms with E-state index in [0.717, 1.165) is 12.8 Å². The number of ether oxygens (including phenoxy) is 1. The van der Waals surface area contributed by atoms with Gasteiger partial charge in [0.15, 0.2) is 12.2 Å². The van der Waals surface area contributed by atoms with E-state index in [-0.39, 0.29) is 31.5 Å². The van der Waals surface area contributed by atoms with Crippen molar-refractivity contribution in [1.82, 2.24) is 9.88 Å². The molecule has 1 saturated carbocycles. The number of hydrogen-bond acceptors (Lipinski definition) is 5. The van der Waals surface area contributed by atoms with Crippen LogP contribution in [0.3, 0.4) is 0 Å². The Labute approximate surface area is 157 Å². The summed E-state index contributed by atoms with van der Waals surface area (Å²) in [6.07, 6.45) is 3.24. The van der Waals surface area contributed by atoms with Crippen LogP contribution < -0.4 is 11.1 Å². The quantitative estimate of drug-likeness (QED) is 0.785. The van der Waals surface area contributed by atoms with Gasteiger partial charge in [0, 0.05) is 12.6 Å². The van der Waals surface area contributed by atoms with Crippen molar-refractivity contribution in [2.75, 3.05) is 6.61 Å². The van der Waals surface area contributed by atoms with Crippen LogP contribution in [0, 0.1) is 11.8 Å². The first-order valence-corrected chi connectivity index (χ1v) is 9.49. The highest BCUT2D eigenvalue weighted by Crippen LogP contribution is 2.29. The van der Waals surface area contributed by atoms with Gasteiger partial charge in [-0.25, -0.2) is 4.79 Å². The van der Waals surface area contributed by atoms with Crippen molar-refractivity contribution >= 4 is 23.0 Å². The average Bonchev–Trinajstić information content (AvgIpc) is 2.97. The number of para-hydroxylation sites is 2. The Balaban J connectivity index is 1.46. The number of carbonyl (C=O) groups is 2. The van der Waals surface area contributed by atoms with Crippen LogP contribution >= 0.6 is 0 Å². The first kappa shape index (κ1) is 19.2. The second kappa shape index (κ2) is 8.41. The van der Waals surface area contributed by atoms with Gasteiger partial charge in [0.05, 0.1) is 11.9 Å². The first-order chi connectivity index (χ1) is 13.0. The summed E-state index contributed by atoms with van der Waals surface area (Å²) in [5.41, 5.74) is 1.11. The maximum Gasteiger partial charge on any atom is 0.419 e. The number of rotatable bonds is 6. The average molecular weight is 374 g/mol. The Morgan fingerprint density at radius 1 is 1.26 bits per heavy atom. The summed E-state index contributed by atoms with van der Waals surface area (Å²) in [6.45, 7) is 4.20. The minimum absolute atomic E-state index is 0.00637. The number of fused-ring (bicyclic) bond motifs is 1. The minimum Gasteiger partial charge on any atom is -0.456 e. The Kier molecular flexibility index (Phi) is 5.98. The highest BCUT2D eigenvalue weighted by atomic mass is 16.5. The third kappa shape index (κ3) is 4.59. The molecular weight excluding hydrogens is 348 g/mol. The van der Waals surface area contributed by atoms with Crippen molar-refractivity contribution in [3.8, 4) is 0 Å². The van der Waals surface area contributed by atoms with Crippen LogP contribution in [-0.4, -0.2) is 29.1 Å². The molecule has 1 aromatic carbocycles. The van der Waals surface area contributed by atoms with Crippen molar-refractivity contribution in [2.24, 2.45) is 11.8 Å². The molecular formula is C20H26N2O5. The van der Waals surface area contributed by atoms with E-state index in [1.54, 1.807) is 24.3 Å². The van der Waals surface area contributed by atoms with Gasteiger partial charge in [0.25, 0.3) is 5.91 Å². The molecule has 0 bridgehead atoms. The lowest BCUT2D eigenvalue weighted by Crippen LogP contribution is -2.45. The predicted molar refractivity (Wildman–Crippen MR) is 100 cm³/mol. The Bertz CT molecular complexity index is 869. The van der Waals surface area contributed by atoms with Crippen LogP contribution in [0.25, 0.3) is 11.1 Å². The number of benzene rings is 1. The summed E-state index contributed by atoms with van der Waals surface area (Å²) >= 11 is 0. The Morgan fingerprint density at radius 3 is 2.85 bits per heavy atom. The number of oxazole rings is 1. The predicted octanol–water partition coefficient (Wildman–Crippen LogP) is 2.47. The molecule has 1 aliphatic carbocycles. The lowest BCUT2D eigenvalue weighted by molar-refractivity contribution is -0.149. The number of hydrogen-bond donors (Lipinski definition) is 1. The zero-order valence-electron chi connectivity index (χ0n) is 15.8. The molecule has 2 aromatic rings. The van der Waals surface area contributed by atoms with Crippen LogP contribution in [0.2, 0.25) is 0 Å². The number of esters is 1. The highest BCUT2D eigenvalue weighted by molar-refractivity contribution is 5.80. The van der Waals surface area contributed by atoms with Crippen molar-refractivity contribution < 1.29 is 18.7 Å². The van der Waals surface area contributed by atoms with E-state index in [1.165, 1.54) is 11.0 Å². The molecule has 7 nitrogen and oxygen atoms in total. The van der Waals surface area contributed by atoms with Crippen molar-refractivity contribution in [3.05, 3.63) is 34.8 Å². The van der Waals surface area contributed by atoms with E-state index >= 15 is 0 Å². The summed E-state index contributed by atoms with van der Waals surface area (Å²) in [6, 6.07) is 7.16. The molecule has 27 heavy (non-hydrogen) atoms. The summed E-state index contributed by atoms with van der Waals surface area (Å²) in [4.78, 5) is 35.9. The fraction of sp³-hybridized carbons (Fsp3) is 0.550. The van der Waals surface area contributed by atoms with Gasteiger partial charge >= 0.3 is 11.7 Å². The zero-order valence-corrected chi connectivity index (χ0v) is 15.8. The fourth-order valence-corrected chi connectivity index (χ4v) is 3.68. The molecule has 1 heterocycles. The third-order valence-electron chi connectivity index (χ3n) is 5.53. The molecule has 0 aliphatic heterocycles.